The number of rotatable bonds is 11. The number of esters is 2. The normalized spacial score (nSPS) is 16.5. The smallest absolute Gasteiger partial charge is 0.448 e. The second-order valence-electron chi connectivity index (χ2n) is 6.72. The molecule has 0 bridgehead atoms. The largest absolute Gasteiger partial charge is 0.468 e. The summed E-state index contributed by atoms with van der Waals surface area (Å²) in [5, 5.41) is -6.22. The summed E-state index contributed by atoms with van der Waals surface area (Å²) in [6.45, 7) is -0.204. The van der Waals surface area contributed by atoms with Crippen molar-refractivity contribution in [2.75, 3.05) is 6.61 Å². The van der Waals surface area contributed by atoms with Gasteiger partial charge in [-0.1, -0.05) is 6.58 Å². The third-order valence-electron chi connectivity index (χ3n) is 3.90. The van der Waals surface area contributed by atoms with Gasteiger partial charge in [-0.15, -0.1) is 0 Å². The summed E-state index contributed by atoms with van der Waals surface area (Å²) in [6.07, 6.45) is -25.8. The summed E-state index contributed by atoms with van der Waals surface area (Å²) in [6, 6.07) is 0. The van der Waals surface area contributed by atoms with E-state index >= 15 is 0 Å². The topological polar surface area (TPSA) is 116 Å². The molecule has 0 radical (unpaired) electrons. The zero-order chi connectivity index (χ0) is 30.1. The van der Waals surface area contributed by atoms with E-state index in [1.54, 1.807) is 0 Å². The third-order valence-corrected chi connectivity index (χ3v) is 4.85. The SMILES string of the molecule is C=C(C(=O)OC(OCCCC(F)(F)C(F)(F)S(=O)(=O)O)(C(=O)OC(C)C(F)(F)F)C(F)(F)F)C(F)(F)F. The maximum Gasteiger partial charge on any atom is 0.468 e. The molecule has 0 fully saturated rings. The molecule has 0 amide bonds. The highest BCUT2D eigenvalue weighted by Crippen LogP contribution is 2.43. The molecule has 0 aliphatic carbocycles. The van der Waals surface area contributed by atoms with E-state index in [1.807, 2.05) is 6.58 Å². The summed E-state index contributed by atoms with van der Waals surface area (Å²) in [4.78, 5) is 23.4. The lowest BCUT2D eigenvalue weighted by molar-refractivity contribution is -0.359. The van der Waals surface area contributed by atoms with Crippen molar-refractivity contribution in [1.29, 1.82) is 0 Å². The molecule has 0 aliphatic rings. The van der Waals surface area contributed by atoms with Crippen LogP contribution in [0.2, 0.25) is 0 Å². The maximum absolute atomic E-state index is 13.6. The summed E-state index contributed by atoms with van der Waals surface area (Å²) in [5.41, 5.74) is -2.76. The number of alkyl halides is 13. The van der Waals surface area contributed by atoms with Crippen molar-refractivity contribution in [3.05, 3.63) is 12.2 Å². The molecule has 0 spiro atoms. The molecule has 2 atom stereocenters. The lowest BCUT2D eigenvalue weighted by Gasteiger charge is -2.33. The first-order valence-electron chi connectivity index (χ1n) is 8.75. The van der Waals surface area contributed by atoms with Gasteiger partial charge >= 0.3 is 57.5 Å². The highest BCUT2D eigenvalue weighted by Gasteiger charge is 2.69. The fraction of sp³-hybridized carbons (Fsp3) is 0.733. The molecule has 0 aliphatic heterocycles. The molecule has 37 heavy (non-hydrogen) atoms. The van der Waals surface area contributed by atoms with E-state index in [1.165, 1.54) is 0 Å². The maximum atomic E-state index is 13.6. The first-order chi connectivity index (χ1) is 16.0. The molecule has 0 saturated heterocycles. The molecule has 8 nitrogen and oxygen atoms in total. The highest BCUT2D eigenvalue weighted by atomic mass is 32.2. The first kappa shape index (κ1) is 34.6. The Kier molecular flexibility index (Phi) is 10.1. The number of hydrogen-bond acceptors (Lipinski definition) is 7. The summed E-state index contributed by atoms with van der Waals surface area (Å²) >= 11 is 0. The summed E-state index contributed by atoms with van der Waals surface area (Å²) in [7, 11) is -6.80. The van der Waals surface area contributed by atoms with Gasteiger partial charge in [0.15, 0.2) is 6.10 Å². The van der Waals surface area contributed by atoms with Gasteiger partial charge in [0, 0.05) is 6.42 Å². The van der Waals surface area contributed by atoms with Crippen LogP contribution in [0.4, 0.5) is 57.1 Å². The van der Waals surface area contributed by atoms with Gasteiger partial charge < -0.3 is 14.2 Å². The van der Waals surface area contributed by atoms with Crippen molar-refractivity contribution in [3.63, 3.8) is 0 Å². The van der Waals surface area contributed by atoms with Crippen molar-refractivity contribution in [2.45, 2.75) is 61.4 Å². The van der Waals surface area contributed by atoms with Crippen LogP contribution < -0.4 is 0 Å². The second kappa shape index (κ2) is 10.8. The number of hydrogen-bond donors (Lipinski definition) is 1. The molecule has 0 aromatic heterocycles. The molecule has 0 heterocycles. The Morgan fingerprint density at radius 3 is 1.73 bits per heavy atom. The number of ether oxygens (including phenoxy) is 3. The van der Waals surface area contributed by atoms with Gasteiger partial charge in [0.1, 0.15) is 5.57 Å². The Balaban J connectivity index is 6.26. The third kappa shape index (κ3) is 8.06. The van der Waals surface area contributed by atoms with E-state index in [4.69, 9.17) is 4.55 Å². The standard InChI is InChI=1S/C15H13F13O8S/c1-6(12(18,19)20)8(29)36-11(14(24,25)26,9(30)35-7(2)13(21,22)23)34-5-3-4-10(16,17)15(27,28)37(31,32)33/h7H,1,3-5H2,2H3,(H,31,32,33). The molecule has 1 N–H and O–H groups in total. The van der Waals surface area contributed by atoms with Gasteiger partial charge in [0.2, 0.25) is 0 Å². The van der Waals surface area contributed by atoms with E-state index < -0.39 is 88.7 Å². The van der Waals surface area contributed by atoms with Crippen molar-refractivity contribution in [1.82, 2.24) is 0 Å². The minimum Gasteiger partial charge on any atom is -0.448 e. The van der Waals surface area contributed by atoms with Crippen molar-refractivity contribution >= 4 is 22.1 Å². The van der Waals surface area contributed by atoms with Crippen LogP contribution in [0, 0.1) is 0 Å². The molecule has 0 aromatic rings. The predicted molar refractivity (Wildman–Crippen MR) is 88.3 cm³/mol. The van der Waals surface area contributed by atoms with Gasteiger partial charge in [0.25, 0.3) is 0 Å². The van der Waals surface area contributed by atoms with Crippen molar-refractivity contribution in [2.24, 2.45) is 0 Å². The van der Waals surface area contributed by atoms with Crippen LogP contribution in [0.5, 0.6) is 0 Å². The minimum atomic E-state index is -6.80. The first-order valence-corrected chi connectivity index (χ1v) is 10.2. The molecular weight excluding hydrogens is 587 g/mol. The van der Waals surface area contributed by atoms with Gasteiger partial charge in [0.05, 0.1) is 6.61 Å². The van der Waals surface area contributed by atoms with Crippen LogP contribution in [-0.4, -0.2) is 73.1 Å². The van der Waals surface area contributed by atoms with E-state index in [0.717, 1.165) is 0 Å². The summed E-state index contributed by atoms with van der Waals surface area (Å²) < 4.78 is 209. The molecular formula is C15H13F13O8S. The van der Waals surface area contributed by atoms with Gasteiger partial charge in [-0.3, -0.25) is 4.55 Å². The van der Waals surface area contributed by atoms with Gasteiger partial charge in [-0.05, 0) is 13.3 Å². The number of carbonyl (C=O) groups excluding carboxylic acids is 2. The van der Waals surface area contributed by atoms with Crippen LogP contribution >= 0.6 is 0 Å². The highest BCUT2D eigenvalue weighted by molar-refractivity contribution is 7.87. The van der Waals surface area contributed by atoms with Crippen LogP contribution in [0.1, 0.15) is 19.8 Å². The molecule has 22 heteroatoms. The fourth-order valence-electron chi connectivity index (χ4n) is 1.84. The van der Waals surface area contributed by atoms with E-state index in [-0.39, 0.29) is 6.92 Å². The van der Waals surface area contributed by atoms with Crippen molar-refractivity contribution in [3.8, 4) is 0 Å². The number of carbonyl (C=O) groups is 2. The molecule has 218 valence electrons. The average Bonchev–Trinajstić information content (AvgIpc) is 2.65. The Bertz CT molecular complexity index is 968. The second-order valence-corrected chi connectivity index (χ2v) is 8.18. The monoisotopic (exact) mass is 600 g/mol. The Morgan fingerprint density at radius 1 is 0.919 bits per heavy atom. The molecule has 0 aromatic carbocycles. The molecule has 0 rings (SSSR count). The minimum absolute atomic E-state index is 0.0898. The zero-order valence-electron chi connectivity index (χ0n) is 17.5. The quantitative estimate of drug-likeness (QED) is 0.0932. The molecule has 0 saturated carbocycles. The number of halogens is 13. The molecule has 2 unspecified atom stereocenters. The van der Waals surface area contributed by atoms with E-state index in [0.29, 0.717) is 0 Å². The van der Waals surface area contributed by atoms with Gasteiger partial charge in [-0.2, -0.15) is 65.5 Å². The lowest BCUT2D eigenvalue weighted by Crippen LogP contribution is -2.59. The lowest BCUT2D eigenvalue weighted by atomic mass is 10.2. The Hall–Kier alpha value is -2.36. The van der Waals surface area contributed by atoms with Gasteiger partial charge in [-0.25, -0.2) is 9.59 Å². The predicted octanol–water partition coefficient (Wildman–Crippen LogP) is 4.31. The van der Waals surface area contributed by atoms with Crippen LogP contribution in [-0.2, 0) is 33.9 Å². The Morgan fingerprint density at radius 2 is 1.38 bits per heavy atom. The fourth-order valence-corrected chi connectivity index (χ4v) is 2.32. The van der Waals surface area contributed by atoms with Crippen LogP contribution in [0.3, 0.4) is 0 Å². The summed E-state index contributed by atoms with van der Waals surface area (Å²) in [5.74, 6) is -17.8. The van der Waals surface area contributed by atoms with Crippen LogP contribution in [0.25, 0.3) is 0 Å². The Labute approximate surface area is 197 Å². The van der Waals surface area contributed by atoms with Crippen LogP contribution in [0.15, 0.2) is 12.2 Å². The van der Waals surface area contributed by atoms with E-state index in [2.05, 4.69) is 14.2 Å². The zero-order valence-corrected chi connectivity index (χ0v) is 18.3. The van der Waals surface area contributed by atoms with Crippen molar-refractivity contribution < 1.29 is 93.8 Å². The van der Waals surface area contributed by atoms with E-state index in [9.17, 15) is 75.1 Å². The average molecular weight is 600 g/mol.